The Balaban J connectivity index is 1.58. The van der Waals surface area contributed by atoms with Gasteiger partial charge in [-0.1, -0.05) is 11.6 Å². The van der Waals surface area contributed by atoms with Crippen molar-refractivity contribution < 1.29 is 23.2 Å². The van der Waals surface area contributed by atoms with E-state index in [0.29, 0.717) is 35.4 Å². The maximum Gasteiger partial charge on any atom is 0.254 e. The van der Waals surface area contributed by atoms with Crippen molar-refractivity contribution in [3.8, 4) is 0 Å². The molecule has 0 spiro atoms. The molecule has 0 unspecified atom stereocenters. The normalized spacial score (nSPS) is 13.5. The van der Waals surface area contributed by atoms with Gasteiger partial charge in [0.05, 0.1) is 22.8 Å². The highest BCUT2D eigenvalue weighted by Crippen LogP contribution is 2.31. The Hall–Kier alpha value is -3.00. The van der Waals surface area contributed by atoms with Crippen LogP contribution >= 0.6 is 11.6 Å². The fourth-order valence-corrected chi connectivity index (χ4v) is 3.12. The molecule has 0 aliphatic carbocycles. The molecule has 3 rings (SSSR count). The molecule has 6 nitrogen and oxygen atoms in total. The van der Waals surface area contributed by atoms with E-state index in [1.165, 1.54) is 6.07 Å². The van der Waals surface area contributed by atoms with Gasteiger partial charge in [0, 0.05) is 24.7 Å². The Morgan fingerprint density at radius 3 is 2.57 bits per heavy atom. The standard InChI is InChI=1S/C19H16ClF2N3O3/c20-14-9-12(4-6-16(14)25-7-1-2-18(25)27)24-17(26)10-23-19(28)13-5-3-11(21)8-15(13)22/h3-6,8-9H,1-2,7,10H2,(H,23,28)(H,24,26). The monoisotopic (exact) mass is 407 g/mol. The summed E-state index contributed by atoms with van der Waals surface area (Å²) in [5.74, 6) is -3.22. The number of carbonyl (C=O) groups excluding carboxylic acids is 3. The molecule has 3 amide bonds. The Morgan fingerprint density at radius 1 is 1.14 bits per heavy atom. The van der Waals surface area contributed by atoms with Gasteiger partial charge < -0.3 is 15.5 Å². The van der Waals surface area contributed by atoms with E-state index in [9.17, 15) is 23.2 Å². The summed E-state index contributed by atoms with van der Waals surface area (Å²) >= 11 is 6.21. The lowest BCUT2D eigenvalue weighted by atomic mass is 10.2. The molecule has 9 heteroatoms. The first-order chi connectivity index (χ1) is 13.3. The van der Waals surface area contributed by atoms with E-state index >= 15 is 0 Å². The van der Waals surface area contributed by atoms with Crippen LogP contribution in [0, 0.1) is 11.6 Å². The zero-order valence-electron chi connectivity index (χ0n) is 14.6. The molecule has 2 N–H and O–H groups in total. The van der Waals surface area contributed by atoms with Gasteiger partial charge in [-0.25, -0.2) is 8.78 Å². The molecule has 2 aromatic rings. The predicted octanol–water partition coefficient (Wildman–Crippen LogP) is 3.11. The van der Waals surface area contributed by atoms with Crippen LogP contribution in [0.4, 0.5) is 20.2 Å². The van der Waals surface area contributed by atoms with Crippen LogP contribution in [0.1, 0.15) is 23.2 Å². The quantitative estimate of drug-likeness (QED) is 0.799. The summed E-state index contributed by atoms with van der Waals surface area (Å²) in [6.07, 6.45) is 1.24. The minimum Gasteiger partial charge on any atom is -0.343 e. The Morgan fingerprint density at radius 2 is 1.93 bits per heavy atom. The third kappa shape index (κ3) is 4.45. The third-order valence-corrected chi connectivity index (χ3v) is 4.48. The Labute approximate surface area is 164 Å². The summed E-state index contributed by atoms with van der Waals surface area (Å²) in [5.41, 5.74) is 0.590. The Bertz CT molecular complexity index is 952. The van der Waals surface area contributed by atoms with Crippen molar-refractivity contribution in [1.29, 1.82) is 0 Å². The largest absolute Gasteiger partial charge is 0.343 e. The van der Waals surface area contributed by atoms with E-state index in [4.69, 9.17) is 11.6 Å². The first-order valence-corrected chi connectivity index (χ1v) is 8.86. The van der Waals surface area contributed by atoms with Crippen molar-refractivity contribution in [3.05, 3.63) is 58.6 Å². The van der Waals surface area contributed by atoms with Crippen LogP contribution in [0.3, 0.4) is 0 Å². The highest BCUT2D eigenvalue weighted by Gasteiger charge is 2.23. The molecule has 28 heavy (non-hydrogen) atoms. The number of rotatable bonds is 5. The number of nitrogens with zero attached hydrogens (tertiary/aromatic N) is 1. The molecule has 0 atom stereocenters. The van der Waals surface area contributed by atoms with E-state index in [0.717, 1.165) is 18.6 Å². The van der Waals surface area contributed by atoms with Gasteiger partial charge in [-0.15, -0.1) is 0 Å². The van der Waals surface area contributed by atoms with Crippen LogP contribution in [0.5, 0.6) is 0 Å². The number of hydrogen-bond donors (Lipinski definition) is 2. The maximum atomic E-state index is 13.6. The molecule has 0 aromatic heterocycles. The van der Waals surface area contributed by atoms with E-state index in [1.807, 2.05) is 0 Å². The van der Waals surface area contributed by atoms with Gasteiger partial charge in [0.1, 0.15) is 11.6 Å². The Kier molecular flexibility index (Phi) is 5.89. The fourth-order valence-electron chi connectivity index (χ4n) is 2.84. The molecule has 0 bridgehead atoms. The lowest BCUT2D eigenvalue weighted by molar-refractivity contribution is -0.117. The molecule has 2 aromatic carbocycles. The lowest BCUT2D eigenvalue weighted by Crippen LogP contribution is -2.33. The van der Waals surface area contributed by atoms with Gasteiger partial charge in [-0.05, 0) is 36.8 Å². The predicted molar refractivity (Wildman–Crippen MR) is 100 cm³/mol. The van der Waals surface area contributed by atoms with Crippen molar-refractivity contribution in [1.82, 2.24) is 5.32 Å². The van der Waals surface area contributed by atoms with Crippen molar-refractivity contribution in [3.63, 3.8) is 0 Å². The van der Waals surface area contributed by atoms with E-state index in [1.54, 1.807) is 17.0 Å². The molecule has 0 saturated carbocycles. The number of hydrogen-bond acceptors (Lipinski definition) is 3. The number of anilines is 2. The van der Waals surface area contributed by atoms with Gasteiger partial charge in [0.15, 0.2) is 0 Å². The lowest BCUT2D eigenvalue weighted by Gasteiger charge is -2.18. The first kappa shape index (κ1) is 19.8. The summed E-state index contributed by atoms with van der Waals surface area (Å²) in [7, 11) is 0. The zero-order chi connectivity index (χ0) is 20.3. The summed E-state index contributed by atoms with van der Waals surface area (Å²) in [4.78, 5) is 37.3. The number of halogens is 3. The van der Waals surface area contributed by atoms with E-state index in [2.05, 4.69) is 10.6 Å². The molecular formula is C19H16ClF2N3O3. The second kappa shape index (κ2) is 8.35. The van der Waals surface area contributed by atoms with Gasteiger partial charge in [-0.2, -0.15) is 0 Å². The summed E-state index contributed by atoms with van der Waals surface area (Å²) in [6.45, 7) is 0.176. The molecule has 1 fully saturated rings. The summed E-state index contributed by atoms with van der Waals surface area (Å²) in [6, 6.07) is 7.26. The molecule has 1 saturated heterocycles. The van der Waals surface area contributed by atoms with E-state index < -0.39 is 30.0 Å². The summed E-state index contributed by atoms with van der Waals surface area (Å²) < 4.78 is 26.4. The van der Waals surface area contributed by atoms with Gasteiger partial charge in [0.25, 0.3) is 5.91 Å². The molecule has 1 heterocycles. The number of benzene rings is 2. The minimum absolute atomic E-state index is 0.00516. The minimum atomic E-state index is -1.02. The summed E-state index contributed by atoms with van der Waals surface area (Å²) in [5, 5.41) is 5.11. The third-order valence-electron chi connectivity index (χ3n) is 4.18. The maximum absolute atomic E-state index is 13.6. The van der Waals surface area contributed by atoms with Crippen LogP contribution < -0.4 is 15.5 Å². The van der Waals surface area contributed by atoms with Gasteiger partial charge in [-0.3, -0.25) is 14.4 Å². The fraction of sp³-hybridized carbons (Fsp3) is 0.211. The number of carbonyl (C=O) groups is 3. The van der Waals surface area contributed by atoms with E-state index in [-0.39, 0.29) is 11.5 Å². The van der Waals surface area contributed by atoms with Gasteiger partial charge >= 0.3 is 0 Å². The topological polar surface area (TPSA) is 78.5 Å². The van der Waals surface area contributed by atoms with Crippen LogP contribution in [0.25, 0.3) is 0 Å². The highest BCUT2D eigenvalue weighted by molar-refractivity contribution is 6.34. The first-order valence-electron chi connectivity index (χ1n) is 8.48. The van der Waals surface area contributed by atoms with Crippen molar-refractivity contribution in [2.75, 3.05) is 23.3 Å². The number of nitrogens with one attached hydrogen (secondary N) is 2. The zero-order valence-corrected chi connectivity index (χ0v) is 15.4. The van der Waals surface area contributed by atoms with Crippen LogP contribution in [0.2, 0.25) is 5.02 Å². The SMILES string of the molecule is O=C(CNC(=O)c1ccc(F)cc1F)Nc1ccc(N2CCCC2=O)c(Cl)c1. The average Bonchev–Trinajstić information content (AvgIpc) is 3.05. The molecule has 1 aliphatic heterocycles. The van der Waals surface area contributed by atoms with Crippen LogP contribution in [0.15, 0.2) is 36.4 Å². The van der Waals surface area contributed by atoms with Crippen molar-refractivity contribution in [2.45, 2.75) is 12.8 Å². The average molecular weight is 408 g/mol. The van der Waals surface area contributed by atoms with Crippen LogP contribution in [-0.2, 0) is 9.59 Å². The molecule has 0 radical (unpaired) electrons. The highest BCUT2D eigenvalue weighted by atomic mass is 35.5. The van der Waals surface area contributed by atoms with Gasteiger partial charge in [0.2, 0.25) is 11.8 Å². The van der Waals surface area contributed by atoms with Crippen molar-refractivity contribution in [2.24, 2.45) is 0 Å². The van der Waals surface area contributed by atoms with Crippen molar-refractivity contribution >= 4 is 40.7 Å². The number of amides is 3. The smallest absolute Gasteiger partial charge is 0.254 e. The van der Waals surface area contributed by atoms with Crippen LogP contribution in [-0.4, -0.2) is 30.8 Å². The molecule has 146 valence electrons. The molecule has 1 aliphatic rings. The molecular weight excluding hydrogens is 392 g/mol. The second-order valence-electron chi connectivity index (χ2n) is 6.17. The second-order valence-corrected chi connectivity index (χ2v) is 6.58.